The van der Waals surface area contributed by atoms with Gasteiger partial charge in [-0.05, 0) is 44.5 Å². The number of hydrogen-bond acceptors (Lipinski definition) is 2. The van der Waals surface area contributed by atoms with Crippen LogP contribution in [-0.4, -0.2) is 12.5 Å². The Labute approximate surface area is 109 Å². The SMILES string of the molecule is C=C(C)CCNC(C)c1cccc(NC(C)=O)c1. The lowest BCUT2D eigenvalue weighted by atomic mass is 10.1. The maximum Gasteiger partial charge on any atom is 0.221 e. The molecule has 3 heteroatoms. The number of nitrogens with one attached hydrogen (secondary N) is 2. The van der Waals surface area contributed by atoms with Gasteiger partial charge in [0.1, 0.15) is 0 Å². The highest BCUT2D eigenvalue weighted by Gasteiger charge is 2.05. The summed E-state index contributed by atoms with van der Waals surface area (Å²) in [7, 11) is 0. The highest BCUT2D eigenvalue weighted by atomic mass is 16.1. The molecule has 0 spiro atoms. The van der Waals surface area contributed by atoms with Gasteiger partial charge in [0, 0.05) is 18.7 Å². The van der Waals surface area contributed by atoms with Crippen molar-refractivity contribution in [1.82, 2.24) is 5.32 Å². The van der Waals surface area contributed by atoms with Crippen molar-refractivity contribution in [3.8, 4) is 0 Å². The minimum Gasteiger partial charge on any atom is -0.326 e. The van der Waals surface area contributed by atoms with Crippen LogP contribution in [0.3, 0.4) is 0 Å². The van der Waals surface area contributed by atoms with Gasteiger partial charge in [-0.3, -0.25) is 4.79 Å². The molecule has 1 amide bonds. The summed E-state index contributed by atoms with van der Waals surface area (Å²) < 4.78 is 0. The van der Waals surface area contributed by atoms with E-state index in [1.54, 1.807) is 0 Å². The lowest BCUT2D eigenvalue weighted by Crippen LogP contribution is -2.20. The number of benzene rings is 1. The van der Waals surface area contributed by atoms with E-state index in [0.29, 0.717) is 0 Å². The quantitative estimate of drug-likeness (QED) is 0.756. The first kappa shape index (κ1) is 14.5. The van der Waals surface area contributed by atoms with E-state index >= 15 is 0 Å². The smallest absolute Gasteiger partial charge is 0.221 e. The molecule has 1 atom stereocenters. The lowest BCUT2D eigenvalue weighted by Gasteiger charge is -2.15. The second-order valence-electron chi connectivity index (χ2n) is 4.69. The van der Waals surface area contributed by atoms with Gasteiger partial charge < -0.3 is 10.6 Å². The fraction of sp³-hybridized carbons (Fsp3) is 0.400. The van der Waals surface area contributed by atoms with Crippen LogP contribution in [0.15, 0.2) is 36.4 Å². The largest absolute Gasteiger partial charge is 0.326 e. The number of carbonyl (C=O) groups excluding carboxylic acids is 1. The number of rotatable bonds is 6. The first-order chi connectivity index (χ1) is 8.49. The van der Waals surface area contributed by atoms with Crippen molar-refractivity contribution in [3.05, 3.63) is 42.0 Å². The molecule has 0 radical (unpaired) electrons. The van der Waals surface area contributed by atoms with Crippen molar-refractivity contribution in [3.63, 3.8) is 0 Å². The molecule has 1 aromatic rings. The summed E-state index contributed by atoms with van der Waals surface area (Å²) in [6.07, 6.45) is 0.982. The molecule has 1 unspecified atom stereocenters. The monoisotopic (exact) mass is 246 g/mol. The van der Waals surface area contributed by atoms with Crippen LogP contribution in [-0.2, 0) is 4.79 Å². The molecule has 1 rings (SSSR count). The van der Waals surface area contributed by atoms with E-state index in [9.17, 15) is 4.79 Å². The minimum atomic E-state index is -0.0463. The van der Waals surface area contributed by atoms with E-state index in [4.69, 9.17) is 0 Å². The Morgan fingerprint density at radius 2 is 2.11 bits per heavy atom. The highest BCUT2D eigenvalue weighted by molar-refractivity contribution is 5.88. The summed E-state index contributed by atoms with van der Waals surface area (Å²) in [4.78, 5) is 11.0. The summed E-state index contributed by atoms with van der Waals surface area (Å²) in [5, 5.41) is 6.23. The summed E-state index contributed by atoms with van der Waals surface area (Å²) >= 11 is 0. The maximum atomic E-state index is 11.0. The van der Waals surface area contributed by atoms with Crippen LogP contribution >= 0.6 is 0 Å². The van der Waals surface area contributed by atoms with Gasteiger partial charge in [0.05, 0.1) is 0 Å². The molecule has 0 bridgehead atoms. The summed E-state index contributed by atoms with van der Waals surface area (Å²) in [6, 6.07) is 8.17. The fourth-order valence-corrected chi connectivity index (χ4v) is 1.71. The zero-order valence-corrected chi connectivity index (χ0v) is 11.4. The van der Waals surface area contributed by atoms with Crippen molar-refractivity contribution in [2.45, 2.75) is 33.2 Å². The van der Waals surface area contributed by atoms with Gasteiger partial charge in [-0.2, -0.15) is 0 Å². The molecule has 2 N–H and O–H groups in total. The number of hydrogen-bond donors (Lipinski definition) is 2. The Hall–Kier alpha value is -1.61. The highest BCUT2D eigenvalue weighted by Crippen LogP contribution is 2.17. The van der Waals surface area contributed by atoms with Crippen molar-refractivity contribution < 1.29 is 4.79 Å². The molecular weight excluding hydrogens is 224 g/mol. The van der Waals surface area contributed by atoms with E-state index in [2.05, 4.69) is 30.2 Å². The van der Waals surface area contributed by atoms with Gasteiger partial charge in [-0.15, -0.1) is 6.58 Å². The Bertz CT molecular complexity index is 426. The van der Waals surface area contributed by atoms with Crippen LogP contribution in [0.1, 0.15) is 38.8 Å². The lowest BCUT2D eigenvalue weighted by molar-refractivity contribution is -0.114. The average molecular weight is 246 g/mol. The molecule has 18 heavy (non-hydrogen) atoms. The van der Waals surface area contributed by atoms with Gasteiger partial charge in [-0.1, -0.05) is 17.7 Å². The molecular formula is C15H22N2O. The first-order valence-electron chi connectivity index (χ1n) is 6.24. The van der Waals surface area contributed by atoms with E-state index < -0.39 is 0 Å². The van der Waals surface area contributed by atoms with Crippen LogP contribution in [0.2, 0.25) is 0 Å². The van der Waals surface area contributed by atoms with Crippen LogP contribution < -0.4 is 10.6 Å². The minimum absolute atomic E-state index is 0.0463. The zero-order chi connectivity index (χ0) is 13.5. The number of amides is 1. The standard InChI is InChI=1S/C15H22N2O/c1-11(2)8-9-16-12(3)14-6-5-7-15(10-14)17-13(4)18/h5-7,10,12,16H,1,8-9H2,2-4H3,(H,17,18). The van der Waals surface area contributed by atoms with Crippen LogP contribution in [0.25, 0.3) is 0 Å². The molecule has 0 aromatic heterocycles. The molecule has 1 aromatic carbocycles. The maximum absolute atomic E-state index is 11.0. The molecule has 0 aliphatic carbocycles. The summed E-state index contributed by atoms with van der Waals surface area (Å²) in [5.74, 6) is -0.0463. The molecule has 0 heterocycles. The van der Waals surface area contributed by atoms with Gasteiger partial charge >= 0.3 is 0 Å². The van der Waals surface area contributed by atoms with E-state index in [0.717, 1.165) is 18.7 Å². The van der Waals surface area contributed by atoms with E-state index in [1.807, 2.05) is 25.1 Å². The second-order valence-corrected chi connectivity index (χ2v) is 4.69. The van der Waals surface area contributed by atoms with Crippen molar-refractivity contribution >= 4 is 11.6 Å². The molecule has 0 saturated heterocycles. The molecule has 98 valence electrons. The normalized spacial score (nSPS) is 11.9. The molecule has 3 nitrogen and oxygen atoms in total. The third-order valence-corrected chi connectivity index (χ3v) is 2.71. The van der Waals surface area contributed by atoms with Gasteiger partial charge in [0.25, 0.3) is 0 Å². The van der Waals surface area contributed by atoms with Gasteiger partial charge in [0.2, 0.25) is 5.91 Å². The summed E-state index contributed by atoms with van der Waals surface area (Å²) in [6.45, 7) is 10.5. The first-order valence-corrected chi connectivity index (χ1v) is 6.24. The van der Waals surface area contributed by atoms with Crippen molar-refractivity contribution in [2.24, 2.45) is 0 Å². The Balaban J connectivity index is 2.59. The summed E-state index contributed by atoms with van der Waals surface area (Å²) in [5.41, 5.74) is 3.19. The zero-order valence-electron chi connectivity index (χ0n) is 11.4. The topological polar surface area (TPSA) is 41.1 Å². The Kier molecular flexibility index (Phi) is 5.59. The Morgan fingerprint density at radius 1 is 1.39 bits per heavy atom. The van der Waals surface area contributed by atoms with Crippen LogP contribution in [0, 0.1) is 0 Å². The third kappa shape index (κ3) is 5.15. The molecule has 0 aliphatic heterocycles. The Morgan fingerprint density at radius 3 is 2.72 bits per heavy atom. The van der Waals surface area contributed by atoms with Crippen molar-refractivity contribution in [1.29, 1.82) is 0 Å². The van der Waals surface area contributed by atoms with Gasteiger partial charge in [0.15, 0.2) is 0 Å². The fourth-order valence-electron chi connectivity index (χ4n) is 1.71. The second kappa shape index (κ2) is 6.97. The van der Waals surface area contributed by atoms with Crippen LogP contribution in [0.4, 0.5) is 5.69 Å². The van der Waals surface area contributed by atoms with Crippen molar-refractivity contribution in [2.75, 3.05) is 11.9 Å². The molecule has 0 saturated carbocycles. The van der Waals surface area contributed by atoms with Crippen LogP contribution in [0.5, 0.6) is 0 Å². The predicted octanol–water partition coefficient (Wildman–Crippen LogP) is 3.26. The average Bonchev–Trinajstić information content (AvgIpc) is 2.27. The number of carbonyl (C=O) groups is 1. The van der Waals surface area contributed by atoms with E-state index in [-0.39, 0.29) is 11.9 Å². The number of anilines is 1. The van der Waals surface area contributed by atoms with E-state index in [1.165, 1.54) is 18.1 Å². The predicted molar refractivity (Wildman–Crippen MR) is 76.6 cm³/mol. The third-order valence-electron chi connectivity index (χ3n) is 2.71. The molecule has 0 aliphatic rings. The molecule has 0 fully saturated rings. The van der Waals surface area contributed by atoms with Gasteiger partial charge in [-0.25, -0.2) is 0 Å².